The minimum atomic E-state index is -3.49. The SMILES string of the molecule is CCOC(=O)CN(C)c1ccc(S(=O)(=O)N(C)C)cn1. The standard InChI is InChI=1S/C12H19N3O4S/c1-5-19-12(16)9-15(4)11-7-6-10(8-13-11)20(17,18)14(2)3/h6-8H,5,9H2,1-4H3. The Hall–Kier alpha value is -1.67. The van der Waals surface area contributed by atoms with E-state index < -0.39 is 10.0 Å². The van der Waals surface area contributed by atoms with Gasteiger partial charge in [-0.05, 0) is 19.1 Å². The van der Waals surface area contributed by atoms with Crippen LogP contribution in [0.2, 0.25) is 0 Å². The Morgan fingerprint density at radius 2 is 1.95 bits per heavy atom. The number of hydrogen-bond acceptors (Lipinski definition) is 6. The van der Waals surface area contributed by atoms with E-state index in [1.807, 2.05) is 0 Å². The third-order valence-electron chi connectivity index (χ3n) is 2.56. The minimum absolute atomic E-state index is 0.0562. The molecule has 0 N–H and O–H groups in total. The average molecular weight is 301 g/mol. The second kappa shape index (κ2) is 6.67. The molecule has 1 rings (SSSR count). The highest BCUT2D eigenvalue weighted by molar-refractivity contribution is 7.89. The van der Waals surface area contributed by atoms with Crippen molar-refractivity contribution in [3.63, 3.8) is 0 Å². The zero-order valence-corrected chi connectivity index (χ0v) is 12.8. The smallest absolute Gasteiger partial charge is 0.325 e. The Kier molecular flexibility index (Phi) is 5.46. The second-order valence-corrected chi connectivity index (χ2v) is 6.45. The van der Waals surface area contributed by atoms with Gasteiger partial charge in [0.15, 0.2) is 0 Å². The van der Waals surface area contributed by atoms with Crippen LogP contribution < -0.4 is 4.90 Å². The molecule has 0 amide bonds. The quantitative estimate of drug-likeness (QED) is 0.705. The molecule has 0 aliphatic rings. The fourth-order valence-corrected chi connectivity index (χ4v) is 2.29. The van der Waals surface area contributed by atoms with Crippen molar-refractivity contribution < 1.29 is 17.9 Å². The largest absolute Gasteiger partial charge is 0.465 e. The third kappa shape index (κ3) is 3.91. The van der Waals surface area contributed by atoms with Crippen molar-refractivity contribution >= 4 is 21.8 Å². The van der Waals surface area contributed by atoms with E-state index in [4.69, 9.17) is 4.74 Å². The number of ether oxygens (including phenoxy) is 1. The normalized spacial score (nSPS) is 11.4. The predicted octanol–water partition coefficient (Wildman–Crippen LogP) is 0.331. The van der Waals surface area contributed by atoms with Crippen LogP contribution in [0.1, 0.15) is 6.92 Å². The molecule has 1 aromatic rings. The zero-order chi connectivity index (χ0) is 15.3. The Labute approximate surface area is 119 Å². The van der Waals surface area contributed by atoms with E-state index in [-0.39, 0.29) is 17.4 Å². The van der Waals surface area contributed by atoms with E-state index in [1.165, 1.54) is 26.4 Å². The maximum absolute atomic E-state index is 11.9. The molecular formula is C12H19N3O4S. The summed E-state index contributed by atoms with van der Waals surface area (Å²) < 4.78 is 29.7. The average Bonchev–Trinajstić information content (AvgIpc) is 2.38. The monoisotopic (exact) mass is 301 g/mol. The maximum Gasteiger partial charge on any atom is 0.325 e. The number of carbonyl (C=O) groups excluding carboxylic acids is 1. The topological polar surface area (TPSA) is 79.8 Å². The number of pyridine rings is 1. The van der Waals surface area contributed by atoms with Gasteiger partial charge in [-0.2, -0.15) is 0 Å². The number of likely N-dealkylation sites (N-methyl/N-ethyl adjacent to an activating group) is 1. The molecule has 0 spiro atoms. The van der Waals surface area contributed by atoms with Crippen molar-refractivity contribution in [2.75, 3.05) is 39.2 Å². The predicted molar refractivity (Wildman–Crippen MR) is 75.0 cm³/mol. The van der Waals surface area contributed by atoms with Crippen LogP contribution in [0, 0.1) is 0 Å². The van der Waals surface area contributed by atoms with Crippen LogP contribution in [0.5, 0.6) is 0 Å². The summed E-state index contributed by atoms with van der Waals surface area (Å²) in [4.78, 5) is 17.1. The molecule has 0 radical (unpaired) electrons. The first kappa shape index (κ1) is 16.4. The maximum atomic E-state index is 11.9. The van der Waals surface area contributed by atoms with Gasteiger partial charge in [0.2, 0.25) is 10.0 Å². The molecule has 0 bridgehead atoms. The van der Waals surface area contributed by atoms with Crippen LogP contribution >= 0.6 is 0 Å². The molecule has 112 valence electrons. The van der Waals surface area contributed by atoms with Crippen molar-refractivity contribution in [1.29, 1.82) is 0 Å². The fourth-order valence-electron chi connectivity index (χ4n) is 1.44. The fraction of sp³-hybridized carbons (Fsp3) is 0.500. The molecule has 20 heavy (non-hydrogen) atoms. The lowest BCUT2D eigenvalue weighted by Crippen LogP contribution is -2.28. The van der Waals surface area contributed by atoms with Crippen molar-refractivity contribution in [2.45, 2.75) is 11.8 Å². The van der Waals surface area contributed by atoms with Crippen LogP contribution in [0.25, 0.3) is 0 Å². The van der Waals surface area contributed by atoms with Gasteiger partial charge in [-0.25, -0.2) is 17.7 Å². The van der Waals surface area contributed by atoms with Gasteiger partial charge < -0.3 is 9.64 Å². The Bertz CT molecular complexity index is 555. The number of esters is 1. The first-order valence-electron chi connectivity index (χ1n) is 6.04. The summed E-state index contributed by atoms with van der Waals surface area (Å²) in [7, 11) is 1.10. The lowest BCUT2D eigenvalue weighted by atomic mass is 10.4. The van der Waals surface area contributed by atoms with Crippen molar-refractivity contribution in [3.8, 4) is 0 Å². The summed E-state index contributed by atoms with van der Waals surface area (Å²) in [5.74, 6) is 0.137. The van der Waals surface area contributed by atoms with E-state index in [0.29, 0.717) is 12.4 Å². The number of anilines is 1. The highest BCUT2D eigenvalue weighted by Gasteiger charge is 2.18. The lowest BCUT2D eigenvalue weighted by Gasteiger charge is -2.17. The highest BCUT2D eigenvalue weighted by atomic mass is 32.2. The molecule has 0 saturated carbocycles. The Morgan fingerprint density at radius 1 is 1.30 bits per heavy atom. The van der Waals surface area contributed by atoms with Gasteiger partial charge in [-0.1, -0.05) is 0 Å². The molecule has 1 aromatic heterocycles. The van der Waals surface area contributed by atoms with E-state index in [1.54, 1.807) is 24.9 Å². The van der Waals surface area contributed by atoms with Gasteiger partial charge in [-0.15, -0.1) is 0 Å². The van der Waals surface area contributed by atoms with Gasteiger partial charge in [0.05, 0.1) is 6.61 Å². The van der Waals surface area contributed by atoms with Crippen LogP contribution in [-0.4, -0.2) is 58.0 Å². The number of nitrogens with zero attached hydrogens (tertiary/aromatic N) is 3. The van der Waals surface area contributed by atoms with Crippen LogP contribution in [0.3, 0.4) is 0 Å². The third-order valence-corrected chi connectivity index (χ3v) is 4.36. The first-order chi connectivity index (χ1) is 9.28. The van der Waals surface area contributed by atoms with E-state index in [0.717, 1.165) is 4.31 Å². The molecule has 8 heteroatoms. The molecule has 0 aliphatic heterocycles. The van der Waals surface area contributed by atoms with Crippen molar-refractivity contribution in [2.24, 2.45) is 0 Å². The summed E-state index contributed by atoms with van der Waals surface area (Å²) in [5, 5.41) is 0. The van der Waals surface area contributed by atoms with Gasteiger partial charge in [0.25, 0.3) is 0 Å². The van der Waals surface area contributed by atoms with Crippen LogP contribution in [0.4, 0.5) is 5.82 Å². The first-order valence-corrected chi connectivity index (χ1v) is 7.48. The molecule has 1 heterocycles. The van der Waals surface area contributed by atoms with E-state index in [2.05, 4.69) is 4.98 Å². The molecule has 0 aliphatic carbocycles. The number of aromatic nitrogens is 1. The minimum Gasteiger partial charge on any atom is -0.465 e. The van der Waals surface area contributed by atoms with Crippen molar-refractivity contribution in [1.82, 2.24) is 9.29 Å². The number of hydrogen-bond donors (Lipinski definition) is 0. The summed E-state index contributed by atoms with van der Waals surface area (Å²) in [6.07, 6.45) is 1.27. The number of sulfonamides is 1. The molecule has 0 fully saturated rings. The summed E-state index contributed by atoms with van der Waals surface area (Å²) >= 11 is 0. The second-order valence-electron chi connectivity index (χ2n) is 4.30. The Morgan fingerprint density at radius 3 is 2.40 bits per heavy atom. The van der Waals surface area contributed by atoms with Crippen LogP contribution in [0.15, 0.2) is 23.2 Å². The Balaban J connectivity index is 2.84. The van der Waals surface area contributed by atoms with E-state index >= 15 is 0 Å². The number of carbonyl (C=O) groups is 1. The van der Waals surface area contributed by atoms with E-state index in [9.17, 15) is 13.2 Å². The van der Waals surface area contributed by atoms with Gasteiger partial charge in [0, 0.05) is 27.3 Å². The number of rotatable bonds is 6. The molecule has 0 aromatic carbocycles. The molecular weight excluding hydrogens is 282 g/mol. The van der Waals surface area contributed by atoms with Gasteiger partial charge in [0.1, 0.15) is 17.3 Å². The summed E-state index contributed by atoms with van der Waals surface area (Å²) in [5.41, 5.74) is 0. The summed E-state index contributed by atoms with van der Waals surface area (Å²) in [6, 6.07) is 3.01. The molecule has 0 saturated heterocycles. The van der Waals surface area contributed by atoms with Crippen LogP contribution in [-0.2, 0) is 19.6 Å². The molecule has 0 unspecified atom stereocenters. The van der Waals surface area contributed by atoms with Gasteiger partial charge in [-0.3, -0.25) is 4.79 Å². The van der Waals surface area contributed by atoms with Crippen molar-refractivity contribution in [3.05, 3.63) is 18.3 Å². The molecule has 0 atom stereocenters. The highest BCUT2D eigenvalue weighted by Crippen LogP contribution is 2.15. The van der Waals surface area contributed by atoms with Gasteiger partial charge >= 0.3 is 5.97 Å². The zero-order valence-electron chi connectivity index (χ0n) is 12.0. The molecule has 7 nitrogen and oxygen atoms in total. The summed E-state index contributed by atoms with van der Waals surface area (Å²) in [6.45, 7) is 2.11. The lowest BCUT2D eigenvalue weighted by molar-refractivity contribution is -0.141.